The van der Waals surface area contributed by atoms with Gasteiger partial charge in [-0.05, 0) is 48.4 Å². The number of benzene rings is 1. The fourth-order valence-corrected chi connectivity index (χ4v) is 3.87. The molecule has 7 heteroatoms. The molecule has 184 valence electrons. The van der Waals surface area contributed by atoms with Crippen molar-refractivity contribution in [1.29, 1.82) is 0 Å². The van der Waals surface area contributed by atoms with Gasteiger partial charge in [-0.25, -0.2) is 4.79 Å². The number of hydrogen-bond acceptors (Lipinski definition) is 6. The van der Waals surface area contributed by atoms with Crippen molar-refractivity contribution in [3.63, 3.8) is 0 Å². The number of rotatable bonds is 12. The molecule has 0 aliphatic heterocycles. The minimum atomic E-state index is -0.342. The lowest BCUT2D eigenvalue weighted by atomic mass is 10.2. The zero-order valence-electron chi connectivity index (χ0n) is 20.3. The molecular weight excluding hydrogens is 450 g/mol. The van der Waals surface area contributed by atoms with E-state index >= 15 is 0 Å². The first-order valence-corrected chi connectivity index (χ1v) is 12.1. The Labute approximate surface area is 212 Å². The van der Waals surface area contributed by atoms with Gasteiger partial charge in [0.25, 0.3) is 0 Å². The van der Waals surface area contributed by atoms with E-state index in [2.05, 4.69) is 19.9 Å². The smallest absolute Gasteiger partial charge is 0.410 e. The lowest BCUT2D eigenvalue weighted by Gasteiger charge is -2.25. The van der Waals surface area contributed by atoms with Gasteiger partial charge in [0.2, 0.25) is 0 Å². The van der Waals surface area contributed by atoms with E-state index in [1.807, 2.05) is 97.3 Å². The number of nitrogens with zero attached hydrogens (tertiary/aromatic N) is 5. The molecule has 1 amide bonds. The van der Waals surface area contributed by atoms with E-state index in [0.717, 1.165) is 35.6 Å². The fourth-order valence-electron chi connectivity index (χ4n) is 3.87. The Balaban J connectivity index is 1.39. The molecule has 4 aromatic rings. The van der Waals surface area contributed by atoms with Crippen LogP contribution in [0.25, 0.3) is 0 Å². The van der Waals surface area contributed by atoms with Crippen LogP contribution in [0.3, 0.4) is 0 Å². The summed E-state index contributed by atoms with van der Waals surface area (Å²) in [4.78, 5) is 30.4. The largest absolute Gasteiger partial charge is 0.445 e. The maximum absolute atomic E-state index is 13.0. The summed E-state index contributed by atoms with van der Waals surface area (Å²) in [5, 5.41) is 0. The van der Waals surface area contributed by atoms with Gasteiger partial charge in [-0.3, -0.25) is 19.9 Å². The predicted octanol–water partition coefficient (Wildman–Crippen LogP) is 5.10. The fraction of sp³-hybridized carbons (Fsp3) is 0.241. The van der Waals surface area contributed by atoms with Gasteiger partial charge >= 0.3 is 6.09 Å². The van der Waals surface area contributed by atoms with Crippen LogP contribution < -0.4 is 0 Å². The number of carbonyl (C=O) groups is 1. The van der Waals surface area contributed by atoms with Crippen LogP contribution in [0.5, 0.6) is 0 Å². The summed E-state index contributed by atoms with van der Waals surface area (Å²) >= 11 is 0. The van der Waals surface area contributed by atoms with Crippen molar-refractivity contribution in [2.24, 2.45) is 0 Å². The third-order valence-electron chi connectivity index (χ3n) is 5.67. The molecule has 1 aromatic carbocycles. The Morgan fingerprint density at radius 1 is 0.639 bits per heavy atom. The molecule has 0 radical (unpaired) electrons. The summed E-state index contributed by atoms with van der Waals surface area (Å²) in [6.07, 6.45) is 5.79. The van der Waals surface area contributed by atoms with Gasteiger partial charge in [0, 0.05) is 44.8 Å². The van der Waals surface area contributed by atoms with E-state index in [1.54, 1.807) is 11.1 Å². The summed E-state index contributed by atoms with van der Waals surface area (Å²) in [6, 6.07) is 27.3. The molecule has 0 aliphatic carbocycles. The number of ether oxygens (including phenoxy) is 1. The zero-order chi connectivity index (χ0) is 24.8. The second kappa shape index (κ2) is 13.7. The third kappa shape index (κ3) is 8.29. The zero-order valence-corrected chi connectivity index (χ0v) is 20.3. The number of pyridine rings is 3. The lowest BCUT2D eigenvalue weighted by molar-refractivity contribution is 0.0908. The Bertz CT molecular complexity index is 1120. The van der Waals surface area contributed by atoms with Crippen molar-refractivity contribution in [2.45, 2.75) is 32.7 Å². The summed E-state index contributed by atoms with van der Waals surface area (Å²) in [7, 11) is 0. The first-order chi connectivity index (χ1) is 17.8. The van der Waals surface area contributed by atoms with Gasteiger partial charge in [-0.2, -0.15) is 0 Å². The first kappa shape index (κ1) is 25.0. The van der Waals surface area contributed by atoms with Gasteiger partial charge in [-0.1, -0.05) is 48.5 Å². The van der Waals surface area contributed by atoms with Crippen LogP contribution in [-0.4, -0.2) is 43.9 Å². The lowest BCUT2D eigenvalue weighted by Crippen LogP contribution is -2.34. The van der Waals surface area contributed by atoms with Gasteiger partial charge in [0.15, 0.2) is 0 Å². The second-order valence-electron chi connectivity index (χ2n) is 8.49. The molecule has 3 heterocycles. The molecule has 0 atom stereocenters. The van der Waals surface area contributed by atoms with Crippen molar-refractivity contribution in [3.05, 3.63) is 126 Å². The molecule has 7 nitrogen and oxygen atoms in total. The molecular formula is C29H31N5O2. The van der Waals surface area contributed by atoms with Crippen molar-refractivity contribution in [1.82, 2.24) is 24.8 Å². The van der Waals surface area contributed by atoms with Gasteiger partial charge in [0.05, 0.1) is 23.6 Å². The minimum Gasteiger partial charge on any atom is -0.445 e. The minimum absolute atomic E-state index is 0.240. The molecule has 36 heavy (non-hydrogen) atoms. The van der Waals surface area contributed by atoms with E-state index < -0.39 is 0 Å². The Morgan fingerprint density at radius 2 is 1.17 bits per heavy atom. The standard InChI is InChI=1S/C29H31N5O2/c35-29(36-24-25-11-2-1-3-12-25)34(23-28-15-6-9-18-32-28)20-10-19-33(21-26-13-4-7-16-30-26)22-27-14-5-8-17-31-27/h1-9,11-18H,10,19-24H2. The topological polar surface area (TPSA) is 71.5 Å². The molecule has 0 saturated carbocycles. The van der Waals surface area contributed by atoms with Crippen LogP contribution in [0.2, 0.25) is 0 Å². The number of aromatic nitrogens is 3. The highest BCUT2D eigenvalue weighted by molar-refractivity contribution is 5.67. The number of amides is 1. The van der Waals surface area contributed by atoms with E-state index in [-0.39, 0.29) is 12.7 Å². The first-order valence-electron chi connectivity index (χ1n) is 12.1. The monoisotopic (exact) mass is 481 g/mol. The van der Waals surface area contributed by atoms with E-state index in [1.165, 1.54) is 0 Å². The summed E-state index contributed by atoms with van der Waals surface area (Å²) in [5.41, 5.74) is 3.79. The Kier molecular flexibility index (Phi) is 9.52. The van der Waals surface area contributed by atoms with Crippen LogP contribution in [0.1, 0.15) is 29.1 Å². The summed E-state index contributed by atoms with van der Waals surface area (Å²) in [6.45, 7) is 3.37. The molecule has 0 bridgehead atoms. The van der Waals surface area contributed by atoms with Crippen LogP contribution in [0.4, 0.5) is 4.79 Å². The van der Waals surface area contributed by atoms with Gasteiger partial charge < -0.3 is 9.64 Å². The van der Waals surface area contributed by atoms with Crippen LogP contribution in [-0.2, 0) is 31.0 Å². The molecule has 0 spiro atoms. The SMILES string of the molecule is O=C(OCc1ccccc1)N(CCCN(Cc1ccccn1)Cc1ccccn1)Cc1ccccn1. The maximum Gasteiger partial charge on any atom is 0.410 e. The normalized spacial score (nSPS) is 10.8. The number of hydrogen-bond donors (Lipinski definition) is 0. The average Bonchev–Trinajstić information content (AvgIpc) is 2.93. The molecule has 0 saturated heterocycles. The second-order valence-corrected chi connectivity index (χ2v) is 8.49. The van der Waals surface area contributed by atoms with Gasteiger partial charge in [0.1, 0.15) is 6.61 Å². The molecule has 4 rings (SSSR count). The molecule has 0 fully saturated rings. The highest BCUT2D eigenvalue weighted by atomic mass is 16.6. The molecule has 0 unspecified atom stereocenters. The van der Waals surface area contributed by atoms with Crippen LogP contribution >= 0.6 is 0 Å². The summed E-state index contributed by atoms with van der Waals surface area (Å²) in [5.74, 6) is 0. The predicted molar refractivity (Wildman–Crippen MR) is 138 cm³/mol. The molecule has 3 aromatic heterocycles. The van der Waals surface area contributed by atoms with Crippen molar-refractivity contribution in [3.8, 4) is 0 Å². The van der Waals surface area contributed by atoms with Crippen LogP contribution in [0.15, 0.2) is 104 Å². The highest BCUT2D eigenvalue weighted by Crippen LogP contribution is 2.11. The van der Waals surface area contributed by atoms with Crippen molar-refractivity contribution in [2.75, 3.05) is 13.1 Å². The number of carbonyl (C=O) groups excluding carboxylic acids is 1. The van der Waals surface area contributed by atoms with E-state index in [4.69, 9.17) is 4.74 Å². The van der Waals surface area contributed by atoms with Crippen molar-refractivity contribution < 1.29 is 9.53 Å². The van der Waals surface area contributed by atoms with E-state index in [9.17, 15) is 4.79 Å². The average molecular weight is 482 g/mol. The highest BCUT2D eigenvalue weighted by Gasteiger charge is 2.17. The van der Waals surface area contributed by atoms with E-state index in [0.29, 0.717) is 26.2 Å². The molecule has 0 aliphatic rings. The van der Waals surface area contributed by atoms with Crippen LogP contribution in [0, 0.1) is 0 Å². The third-order valence-corrected chi connectivity index (χ3v) is 5.67. The summed E-state index contributed by atoms with van der Waals surface area (Å²) < 4.78 is 5.64. The maximum atomic E-state index is 13.0. The van der Waals surface area contributed by atoms with Gasteiger partial charge in [-0.15, -0.1) is 0 Å². The van der Waals surface area contributed by atoms with Crippen molar-refractivity contribution >= 4 is 6.09 Å². The quantitative estimate of drug-likeness (QED) is 0.280. The molecule has 0 N–H and O–H groups in total. The Hall–Kier alpha value is -4.10. The Morgan fingerprint density at radius 3 is 1.69 bits per heavy atom.